The minimum absolute atomic E-state index is 0.0555. The van der Waals surface area contributed by atoms with Gasteiger partial charge in [0.05, 0.1) is 4.90 Å². The van der Waals surface area contributed by atoms with E-state index in [-0.39, 0.29) is 22.8 Å². The van der Waals surface area contributed by atoms with Gasteiger partial charge in [0.25, 0.3) is 5.91 Å². The largest absolute Gasteiger partial charge is 0.326 e. The first-order valence-corrected chi connectivity index (χ1v) is 9.13. The van der Waals surface area contributed by atoms with Crippen molar-refractivity contribution in [2.24, 2.45) is 5.92 Å². The third-order valence-corrected chi connectivity index (χ3v) is 6.60. The average molecular weight is 353 g/mol. The zero-order chi connectivity index (χ0) is 17.5. The van der Waals surface area contributed by atoms with Crippen molar-refractivity contribution < 1.29 is 23.2 Å². The SMILES string of the molecule is CC(=O)Nc1ccc(S(=O)(=O)N2C3CC[C@H](C3)[C@@H]2C(=O)NO)cc1. The first kappa shape index (κ1) is 16.9. The van der Waals surface area contributed by atoms with Gasteiger partial charge in [0.1, 0.15) is 6.04 Å². The average Bonchev–Trinajstić information content (AvgIpc) is 3.15. The van der Waals surface area contributed by atoms with Crippen LogP contribution < -0.4 is 10.8 Å². The Kier molecular flexibility index (Phi) is 4.33. The molecule has 1 aliphatic heterocycles. The van der Waals surface area contributed by atoms with Crippen molar-refractivity contribution in [3.8, 4) is 0 Å². The lowest BCUT2D eigenvalue weighted by atomic mass is 10.00. The molecule has 1 aromatic rings. The number of carbonyl (C=O) groups is 2. The van der Waals surface area contributed by atoms with Gasteiger partial charge >= 0.3 is 0 Å². The Morgan fingerprint density at radius 3 is 2.46 bits per heavy atom. The van der Waals surface area contributed by atoms with Crippen molar-refractivity contribution in [1.29, 1.82) is 0 Å². The van der Waals surface area contributed by atoms with Crippen LogP contribution in [0.15, 0.2) is 29.2 Å². The van der Waals surface area contributed by atoms with Gasteiger partial charge in [0.15, 0.2) is 0 Å². The van der Waals surface area contributed by atoms with Gasteiger partial charge < -0.3 is 5.32 Å². The number of nitrogens with zero attached hydrogens (tertiary/aromatic N) is 1. The van der Waals surface area contributed by atoms with Crippen LogP contribution in [-0.2, 0) is 19.6 Å². The van der Waals surface area contributed by atoms with Gasteiger partial charge in [-0.2, -0.15) is 4.31 Å². The summed E-state index contributed by atoms with van der Waals surface area (Å²) < 4.78 is 27.2. The van der Waals surface area contributed by atoms with Crippen molar-refractivity contribution in [3.63, 3.8) is 0 Å². The highest BCUT2D eigenvalue weighted by Crippen LogP contribution is 2.45. The Bertz CT molecular complexity index is 762. The number of hydrogen-bond donors (Lipinski definition) is 3. The maximum atomic E-state index is 13.0. The smallest absolute Gasteiger partial charge is 0.262 e. The number of rotatable bonds is 4. The summed E-state index contributed by atoms with van der Waals surface area (Å²) >= 11 is 0. The molecule has 0 aromatic heterocycles. The van der Waals surface area contributed by atoms with Gasteiger partial charge in [-0.3, -0.25) is 14.8 Å². The lowest BCUT2D eigenvalue weighted by Crippen LogP contribution is -2.52. The predicted molar refractivity (Wildman–Crippen MR) is 84.6 cm³/mol. The number of benzene rings is 1. The second-order valence-corrected chi connectivity index (χ2v) is 8.03. The first-order chi connectivity index (χ1) is 11.3. The summed E-state index contributed by atoms with van der Waals surface area (Å²) in [5.41, 5.74) is 2.08. The van der Waals surface area contributed by atoms with E-state index in [2.05, 4.69) is 5.32 Å². The molecule has 130 valence electrons. The number of hydroxylamine groups is 1. The molecule has 1 heterocycles. The van der Waals surface area contributed by atoms with Crippen molar-refractivity contribution in [3.05, 3.63) is 24.3 Å². The molecule has 1 unspecified atom stereocenters. The molecule has 24 heavy (non-hydrogen) atoms. The minimum atomic E-state index is -3.87. The van der Waals surface area contributed by atoms with E-state index in [1.807, 2.05) is 0 Å². The molecule has 0 spiro atoms. The van der Waals surface area contributed by atoms with Gasteiger partial charge in [-0.1, -0.05) is 0 Å². The number of carbonyl (C=O) groups excluding carboxylic acids is 2. The van der Waals surface area contributed by atoms with Crippen LogP contribution in [0.25, 0.3) is 0 Å². The van der Waals surface area contributed by atoms with Gasteiger partial charge in [-0.15, -0.1) is 0 Å². The molecular formula is C15H19N3O5S. The quantitative estimate of drug-likeness (QED) is 0.544. The van der Waals surface area contributed by atoms with Crippen LogP contribution in [0.2, 0.25) is 0 Å². The highest BCUT2D eigenvalue weighted by Gasteiger charge is 2.54. The van der Waals surface area contributed by atoms with Gasteiger partial charge in [0.2, 0.25) is 15.9 Å². The number of anilines is 1. The zero-order valence-electron chi connectivity index (χ0n) is 13.1. The van der Waals surface area contributed by atoms with Crippen LogP contribution in [0, 0.1) is 5.92 Å². The third-order valence-electron chi connectivity index (χ3n) is 4.65. The number of amides is 2. The van der Waals surface area contributed by atoms with E-state index in [1.54, 1.807) is 5.48 Å². The molecular weight excluding hydrogens is 334 g/mol. The summed E-state index contributed by atoms with van der Waals surface area (Å²) in [6.07, 6.45) is 2.11. The van der Waals surface area contributed by atoms with Crippen molar-refractivity contribution in [2.45, 2.75) is 43.2 Å². The lowest BCUT2D eigenvalue weighted by molar-refractivity contribution is -0.134. The Hall–Kier alpha value is -1.97. The summed E-state index contributed by atoms with van der Waals surface area (Å²) in [5.74, 6) is -1.02. The van der Waals surface area contributed by atoms with Crippen LogP contribution in [-0.4, -0.2) is 41.8 Å². The maximum absolute atomic E-state index is 13.0. The molecule has 8 nitrogen and oxygen atoms in total. The van der Waals surface area contributed by atoms with E-state index in [0.29, 0.717) is 18.5 Å². The van der Waals surface area contributed by atoms with Crippen molar-refractivity contribution in [1.82, 2.24) is 9.79 Å². The standard InChI is InChI=1S/C15H19N3O5S/c1-9(19)16-11-3-6-13(7-4-11)24(22,23)18-12-5-2-10(8-12)14(18)15(20)17-21/h3-4,6-7,10,12,14,21H,2,5,8H2,1H3,(H,16,19)(H,17,20)/t10-,12?,14-/m1/s1. The fourth-order valence-corrected chi connectivity index (χ4v) is 5.60. The van der Waals surface area contributed by atoms with E-state index in [9.17, 15) is 18.0 Å². The van der Waals surface area contributed by atoms with E-state index >= 15 is 0 Å². The number of piperidine rings is 1. The zero-order valence-corrected chi connectivity index (χ0v) is 13.9. The third kappa shape index (κ3) is 2.79. The topological polar surface area (TPSA) is 116 Å². The molecule has 1 saturated heterocycles. The first-order valence-electron chi connectivity index (χ1n) is 7.69. The van der Waals surface area contributed by atoms with E-state index in [0.717, 1.165) is 6.42 Å². The normalized spacial score (nSPS) is 26.3. The summed E-state index contributed by atoms with van der Waals surface area (Å²) in [4.78, 5) is 23.0. The molecule has 3 rings (SSSR count). The number of hydrogen-bond acceptors (Lipinski definition) is 5. The van der Waals surface area contributed by atoms with E-state index in [1.165, 1.54) is 35.5 Å². The monoisotopic (exact) mass is 353 g/mol. The number of fused-ring (bicyclic) bond motifs is 2. The fraction of sp³-hybridized carbons (Fsp3) is 0.467. The predicted octanol–water partition coefficient (Wildman–Crippen LogP) is 0.692. The Labute approximate surface area is 139 Å². The fourth-order valence-electron chi connectivity index (χ4n) is 3.72. The van der Waals surface area contributed by atoms with Gasteiger partial charge in [-0.25, -0.2) is 13.9 Å². The molecule has 2 bridgehead atoms. The summed E-state index contributed by atoms with van der Waals surface area (Å²) in [5, 5.41) is 11.5. The van der Waals surface area contributed by atoms with E-state index < -0.39 is 22.0 Å². The van der Waals surface area contributed by atoms with Gasteiger partial charge in [-0.05, 0) is 49.4 Å². The molecule has 3 N–H and O–H groups in total. The van der Waals surface area contributed by atoms with Crippen LogP contribution in [0.5, 0.6) is 0 Å². The second kappa shape index (κ2) is 6.15. The van der Waals surface area contributed by atoms with Crippen LogP contribution in [0.4, 0.5) is 5.69 Å². The number of sulfonamides is 1. The molecule has 9 heteroatoms. The lowest BCUT2D eigenvalue weighted by Gasteiger charge is -2.32. The summed E-state index contributed by atoms with van der Waals surface area (Å²) in [6.45, 7) is 1.36. The maximum Gasteiger partial charge on any atom is 0.262 e. The number of nitrogens with one attached hydrogen (secondary N) is 2. The second-order valence-electron chi connectivity index (χ2n) is 6.19. The molecule has 1 aliphatic carbocycles. The molecule has 2 aliphatic rings. The highest BCUT2D eigenvalue weighted by molar-refractivity contribution is 7.89. The van der Waals surface area contributed by atoms with E-state index in [4.69, 9.17) is 5.21 Å². The molecule has 3 atom stereocenters. The highest BCUT2D eigenvalue weighted by atomic mass is 32.2. The van der Waals surface area contributed by atoms with Gasteiger partial charge in [0, 0.05) is 18.7 Å². The Balaban J connectivity index is 1.91. The molecule has 1 saturated carbocycles. The Morgan fingerprint density at radius 2 is 1.88 bits per heavy atom. The van der Waals surface area contributed by atoms with Crippen LogP contribution in [0.3, 0.4) is 0 Å². The Morgan fingerprint density at radius 1 is 1.21 bits per heavy atom. The molecule has 2 amide bonds. The van der Waals surface area contributed by atoms with Crippen molar-refractivity contribution >= 4 is 27.5 Å². The molecule has 2 fully saturated rings. The minimum Gasteiger partial charge on any atom is -0.326 e. The molecule has 1 aromatic carbocycles. The van der Waals surface area contributed by atoms with Crippen LogP contribution >= 0.6 is 0 Å². The summed E-state index contributed by atoms with van der Waals surface area (Å²) in [7, 11) is -3.87. The van der Waals surface area contributed by atoms with Crippen LogP contribution in [0.1, 0.15) is 26.2 Å². The van der Waals surface area contributed by atoms with Crippen molar-refractivity contribution in [2.75, 3.05) is 5.32 Å². The summed E-state index contributed by atoms with van der Waals surface area (Å²) in [6, 6.07) is 4.71. The molecule has 0 radical (unpaired) electrons.